The Hall–Kier alpha value is -1.14. The highest BCUT2D eigenvalue weighted by Crippen LogP contribution is 2.38. The average molecular weight is 317 g/mol. The maximum Gasteiger partial charge on any atom is 0.226 e. The van der Waals surface area contributed by atoms with Gasteiger partial charge in [-0.25, -0.2) is 0 Å². The fraction of sp³-hybridized carbons (Fsp3) is 0.786. The van der Waals surface area contributed by atoms with Crippen LogP contribution in [-0.2, 0) is 11.2 Å². The van der Waals surface area contributed by atoms with E-state index >= 15 is 0 Å². The molecule has 0 unspecified atom stereocenters. The van der Waals surface area contributed by atoms with Crippen molar-refractivity contribution in [1.82, 2.24) is 20.8 Å². The van der Waals surface area contributed by atoms with Gasteiger partial charge in [0.05, 0.1) is 0 Å². The summed E-state index contributed by atoms with van der Waals surface area (Å²) in [4.78, 5) is 15.9. The number of hydrogen-bond acceptors (Lipinski definition) is 5. The summed E-state index contributed by atoms with van der Waals surface area (Å²) in [5, 5.41) is 10.1. The zero-order chi connectivity index (χ0) is 14.2. The molecular weight excluding hydrogens is 292 g/mol. The molecule has 1 heterocycles. The summed E-state index contributed by atoms with van der Waals surface area (Å²) in [5.41, 5.74) is 0. The van der Waals surface area contributed by atoms with Crippen LogP contribution < -0.4 is 10.6 Å². The zero-order valence-electron chi connectivity index (χ0n) is 12.6. The Bertz CT molecular complexity index is 421. The second-order valence-electron chi connectivity index (χ2n) is 5.27. The van der Waals surface area contributed by atoms with E-state index in [1.54, 1.807) is 0 Å². The van der Waals surface area contributed by atoms with Gasteiger partial charge in [-0.2, -0.15) is 4.98 Å². The van der Waals surface area contributed by atoms with Crippen LogP contribution in [0.4, 0.5) is 0 Å². The Labute approximate surface area is 131 Å². The highest BCUT2D eigenvalue weighted by molar-refractivity contribution is 5.85. The molecule has 1 aromatic heterocycles. The van der Waals surface area contributed by atoms with Gasteiger partial charge in [0.2, 0.25) is 11.8 Å². The predicted molar refractivity (Wildman–Crippen MR) is 82.6 cm³/mol. The van der Waals surface area contributed by atoms with Crippen molar-refractivity contribution in [3.8, 4) is 0 Å². The molecule has 1 aliphatic carbocycles. The van der Waals surface area contributed by atoms with Crippen LogP contribution in [0.1, 0.15) is 56.7 Å². The number of carbonyl (C=O) groups excluding carboxylic acids is 1. The van der Waals surface area contributed by atoms with Gasteiger partial charge in [0.1, 0.15) is 0 Å². The van der Waals surface area contributed by atoms with Gasteiger partial charge in [-0.3, -0.25) is 4.79 Å². The average Bonchev–Trinajstić information content (AvgIpc) is 3.19. The zero-order valence-corrected chi connectivity index (χ0v) is 13.4. The molecule has 0 aliphatic heterocycles. The van der Waals surface area contributed by atoms with Crippen LogP contribution in [0.2, 0.25) is 0 Å². The largest absolute Gasteiger partial charge is 0.355 e. The maximum absolute atomic E-state index is 11.6. The third-order valence-electron chi connectivity index (χ3n) is 3.27. The number of amides is 1. The summed E-state index contributed by atoms with van der Waals surface area (Å²) < 4.78 is 5.17. The minimum Gasteiger partial charge on any atom is -0.355 e. The van der Waals surface area contributed by atoms with Gasteiger partial charge in [0.15, 0.2) is 5.82 Å². The Morgan fingerprint density at radius 2 is 2.14 bits per heavy atom. The third-order valence-corrected chi connectivity index (χ3v) is 3.27. The molecule has 120 valence electrons. The Kier molecular flexibility index (Phi) is 8.30. The van der Waals surface area contributed by atoms with Crippen molar-refractivity contribution in [1.29, 1.82) is 0 Å². The molecule has 0 atom stereocenters. The molecule has 2 rings (SSSR count). The molecule has 1 fully saturated rings. The molecule has 0 bridgehead atoms. The first kappa shape index (κ1) is 17.9. The van der Waals surface area contributed by atoms with E-state index < -0.39 is 0 Å². The van der Waals surface area contributed by atoms with Crippen molar-refractivity contribution in [2.75, 3.05) is 19.6 Å². The number of aryl methyl sites for hydroxylation is 1. The summed E-state index contributed by atoms with van der Waals surface area (Å²) in [5.74, 6) is 2.10. The number of nitrogens with zero attached hydrogens (tertiary/aromatic N) is 2. The van der Waals surface area contributed by atoms with E-state index in [0.717, 1.165) is 31.8 Å². The number of aromatic nitrogens is 2. The van der Waals surface area contributed by atoms with Gasteiger partial charge in [-0.05, 0) is 32.2 Å². The lowest BCUT2D eigenvalue weighted by atomic mass is 10.2. The normalized spacial score (nSPS) is 13.8. The molecule has 1 amide bonds. The molecule has 0 spiro atoms. The quantitative estimate of drug-likeness (QED) is 0.643. The van der Waals surface area contributed by atoms with E-state index in [1.807, 2.05) is 0 Å². The number of carbonyl (C=O) groups is 1. The molecule has 7 heteroatoms. The maximum atomic E-state index is 11.6. The topological polar surface area (TPSA) is 80.0 Å². The van der Waals surface area contributed by atoms with Crippen LogP contribution in [-0.4, -0.2) is 35.7 Å². The van der Waals surface area contributed by atoms with Gasteiger partial charge in [-0.1, -0.05) is 12.1 Å². The lowest BCUT2D eigenvalue weighted by Gasteiger charge is -2.05. The molecule has 0 saturated heterocycles. The first-order chi connectivity index (χ1) is 9.79. The van der Waals surface area contributed by atoms with Crippen LogP contribution in [0.25, 0.3) is 0 Å². The standard InChI is InChI=1S/C14H24N4O2.ClH/c1-2-8-15-9-10-16-12(19)4-3-5-13-17-14(18-20-13)11-6-7-11;/h11,15H,2-10H2,1H3,(H,16,19);1H. The second-order valence-corrected chi connectivity index (χ2v) is 5.27. The molecule has 21 heavy (non-hydrogen) atoms. The molecule has 1 saturated carbocycles. The summed E-state index contributed by atoms with van der Waals surface area (Å²) in [6, 6.07) is 0. The fourth-order valence-corrected chi connectivity index (χ4v) is 1.96. The second kappa shape index (κ2) is 9.73. The van der Waals surface area contributed by atoms with E-state index in [0.29, 0.717) is 31.2 Å². The Morgan fingerprint density at radius 3 is 2.86 bits per heavy atom. The number of rotatable bonds is 10. The number of nitrogens with one attached hydrogen (secondary N) is 2. The molecule has 6 nitrogen and oxygen atoms in total. The molecule has 0 radical (unpaired) electrons. The Morgan fingerprint density at radius 1 is 1.33 bits per heavy atom. The minimum absolute atomic E-state index is 0. The summed E-state index contributed by atoms with van der Waals surface area (Å²) in [7, 11) is 0. The summed E-state index contributed by atoms with van der Waals surface area (Å²) in [6.45, 7) is 4.63. The lowest BCUT2D eigenvalue weighted by Crippen LogP contribution is -2.31. The van der Waals surface area contributed by atoms with Crippen LogP contribution in [0, 0.1) is 0 Å². The van der Waals surface area contributed by atoms with Gasteiger partial charge < -0.3 is 15.2 Å². The van der Waals surface area contributed by atoms with E-state index in [9.17, 15) is 4.79 Å². The smallest absolute Gasteiger partial charge is 0.226 e. The molecule has 0 aromatic carbocycles. The van der Waals surface area contributed by atoms with Crippen molar-refractivity contribution in [3.05, 3.63) is 11.7 Å². The summed E-state index contributed by atoms with van der Waals surface area (Å²) >= 11 is 0. The minimum atomic E-state index is 0. The van der Waals surface area contributed by atoms with Crippen LogP contribution in [0.15, 0.2) is 4.52 Å². The first-order valence-corrected chi connectivity index (χ1v) is 7.59. The van der Waals surface area contributed by atoms with E-state index in [-0.39, 0.29) is 18.3 Å². The highest BCUT2D eigenvalue weighted by atomic mass is 35.5. The predicted octanol–water partition coefficient (Wildman–Crippen LogP) is 1.81. The van der Waals surface area contributed by atoms with E-state index in [1.165, 1.54) is 12.8 Å². The van der Waals surface area contributed by atoms with Crippen molar-refractivity contribution in [3.63, 3.8) is 0 Å². The molecule has 1 aromatic rings. The van der Waals surface area contributed by atoms with Crippen molar-refractivity contribution in [2.24, 2.45) is 0 Å². The van der Waals surface area contributed by atoms with Crippen LogP contribution in [0.3, 0.4) is 0 Å². The molecule has 1 aliphatic rings. The number of halogens is 1. The van der Waals surface area contributed by atoms with Gasteiger partial charge >= 0.3 is 0 Å². The summed E-state index contributed by atoms with van der Waals surface area (Å²) in [6.07, 6.45) is 5.40. The third kappa shape index (κ3) is 6.91. The SMILES string of the molecule is CCCNCCNC(=O)CCCc1nc(C2CC2)no1.Cl. The molecular formula is C14H25ClN4O2. The van der Waals surface area contributed by atoms with E-state index in [4.69, 9.17) is 4.52 Å². The Balaban J connectivity index is 0.00000220. The van der Waals surface area contributed by atoms with Crippen molar-refractivity contribution in [2.45, 2.75) is 51.4 Å². The first-order valence-electron chi connectivity index (χ1n) is 7.59. The number of hydrogen-bond donors (Lipinski definition) is 2. The van der Waals surface area contributed by atoms with Crippen LogP contribution in [0.5, 0.6) is 0 Å². The van der Waals surface area contributed by atoms with E-state index in [2.05, 4.69) is 27.7 Å². The van der Waals surface area contributed by atoms with Gasteiger partial charge in [0, 0.05) is 31.8 Å². The monoisotopic (exact) mass is 316 g/mol. The highest BCUT2D eigenvalue weighted by Gasteiger charge is 2.28. The van der Waals surface area contributed by atoms with Gasteiger partial charge in [0.25, 0.3) is 0 Å². The van der Waals surface area contributed by atoms with Crippen LogP contribution >= 0.6 is 12.4 Å². The fourth-order valence-electron chi connectivity index (χ4n) is 1.96. The molecule has 2 N–H and O–H groups in total. The van der Waals surface area contributed by atoms with Crippen molar-refractivity contribution < 1.29 is 9.32 Å². The lowest BCUT2D eigenvalue weighted by molar-refractivity contribution is -0.121. The van der Waals surface area contributed by atoms with Crippen molar-refractivity contribution >= 4 is 18.3 Å². The van der Waals surface area contributed by atoms with Gasteiger partial charge in [-0.15, -0.1) is 12.4 Å².